The molecule has 0 radical (unpaired) electrons. The summed E-state index contributed by atoms with van der Waals surface area (Å²) in [5.41, 5.74) is 0.661. The molecular weight excluding hydrogens is 262 g/mol. The minimum Gasteiger partial charge on any atom is -0.491 e. The Morgan fingerprint density at radius 1 is 1.21 bits per heavy atom. The quantitative estimate of drug-likeness (QED) is 0.585. The van der Waals surface area contributed by atoms with Crippen LogP contribution in [0.5, 0.6) is 5.75 Å². The monoisotopic (exact) mass is 283 g/mol. The summed E-state index contributed by atoms with van der Waals surface area (Å²) < 4.78 is 5.53. The first-order valence-electron chi connectivity index (χ1n) is 6.74. The number of ether oxygens (including phenoxy) is 1. The van der Waals surface area contributed by atoms with Crippen LogP contribution in [0.1, 0.15) is 43.5 Å². The van der Waals surface area contributed by atoms with Crippen LogP contribution in [0.15, 0.2) is 24.3 Å². The first-order valence-corrected chi connectivity index (χ1v) is 7.28. The van der Waals surface area contributed by atoms with Gasteiger partial charge in [-0.3, -0.25) is 4.79 Å². The van der Waals surface area contributed by atoms with Gasteiger partial charge in [-0.25, -0.2) is 0 Å². The van der Waals surface area contributed by atoms with Gasteiger partial charge in [-0.2, -0.15) is 0 Å². The molecule has 1 aromatic rings. The standard InChI is InChI=1S/C15H22ClNO2/c1-12(2)19-14-8-6-13(7-9-14)15(18)17-11-5-3-4-10-16/h6-9,12H,3-5,10-11H2,1-2H3,(H,17,18). The van der Waals surface area contributed by atoms with Gasteiger partial charge in [0.25, 0.3) is 5.91 Å². The Hall–Kier alpha value is -1.22. The molecule has 1 amide bonds. The first kappa shape index (κ1) is 15.8. The van der Waals surface area contributed by atoms with Crippen LogP contribution in [0.4, 0.5) is 0 Å². The summed E-state index contributed by atoms with van der Waals surface area (Å²) in [5.74, 6) is 1.43. The van der Waals surface area contributed by atoms with Gasteiger partial charge in [0.2, 0.25) is 0 Å². The number of rotatable bonds is 8. The molecule has 0 saturated heterocycles. The normalized spacial score (nSPS) is 10.5. The summed E-state index contributed by atoms with van der Waals surface area (Å²) >= 11 is 5.59. The van der Waals surface area contributed by atoms with Crippen molar-refractivity contribution in [2.75, 3.05) is 12.4 Å². The Bertz CT molecular complexity index is 376. The Morgan fingerprint density at radius 2 is 1.89 bits per heavy atom. The minimum absolute atomic E-state index is 0.0398. The van der Waals surface area contributed by atoms with Crippen molar-refractivity contribution in [3.63, 3.8) is 0 Å². The third-order valence-electron chi connectivity index (χ3n) is 2.58. The number of carbonyl (C=O) groups excluding carboxylic acids is 1. The molecule has 106 valence electrons. The van der Waals surface area contributed by atoms with Crippen LogP contribution in [-0.2, 0) is 0 Å². The second kappa shape index (κ2) is 8.81. The highest BCUT2D eigenvalue weighted by atomic mass is 35.5. The molecule has 3 nitrogen and oxygen atoms in total. The average molecular weight is 284 g/mol. The zero-order valence-electron chi connectivity index (χ0n) is 11.6. The lowest BCUT2D eigenvalue weighted by atomic mass is 10.2. The summed E-state index contributed by atoms with van der Waals surface area (Å²) in [4.78, 5) is 11.8. The van der Waals surface area contributed by atoms with Crippen LogP contribution >= 0.6 is 11.6 Å². The SMILES string of the molecule is CC(C)Oc1ccc(C(=O)NCCCCCCl)cc1. The van der Waals surface area contributed by atoms with Crippen molar-refractivity contribution in [2.24, 2.45) is 0 Å². The Balaban J connectivity index is 2.36. The number of hydrogen-bond donors (Lipinski definition) is 1. The molecule has 0 atom stereocenters. The maximum atomic E-state index is 11.8. The van der Waals surface area contributed by atoms with Crippen molar-refractivity contribution in [1.82, 2.24) is 5.32 Å². The number of nitrogens with one attached hydrogen (secondary N) is 1. The van der Waals surface area contributed by atoms with Gasteiger partial charge in [0.05, 0.1) is 6.10 Å². The van der Waals surface area contributed by atoms with Crippen molar-refractivity contribution in [3.8, 4) is 5.75 Å². The molecule has 1 rings (SSSR count). The zero-order chi connectivity index (χ0) is 14.1. The average Bonchev–Trinajstić information content (AvgIpc) is 2.38. The molecule has 1 N–H and O–H groups in total. The van der Waals surface area contributed by atoms with Gasteiger partial charge in [-0.05, 0) is 51.0 Å². The minimum atomic E-state index is -0.0398. The molecule has 1 aromatic carbocycles. The molecule has 0 saturated carbocycles. The van der Waals surface area contributed by atoms with E-state index in [0.717, 1.165) is 25.0 Å². The Kier molecular flexibility index (Phi) is 7.34. The van der Waals surface area contributed by atoms with E-state index < -0.39 is 0 Å². The van der Waals surface area contributed by atoms with Crippen molar-refractivity contribution >= 4 is 17.5 Å². The number of amides is 1. The third-order valence-corrected chi connectivity index (χ3v) is 2.85. The van der Waals surface area contributed by atoms with Crippen molar-refractivity contribution in [1.29, 1.82) is 0 Å². The predicted octanol–water partition coefficient (Wildman–Crippen LogP) is 3.61. The lowest BCUT2D eigenvalue weighted by molar-refractivity contribution is 0.0953. The number of alkyl halides is 1. The smallest absolute Gasteiger partial charge is 0.251 e. The number of halogens is 1. The van der Waals surface area contributed by atoms with E-state index in [1.807, 2.05) is 26.0 Å². The van der Waals surface area contributed by atoms with E-state index in [9.17, 15) is 4.79 Å². The third kappa shape index (κ3) is 6.48. The number of hydrogen-bond acceptors (Lipinski definition) is 2. The second-order valence-corrected chi connectivity index (χ2v) is 5.07. The summed E-state index contributed by atoms with van der Waals surface area (Å²) in [6.45, 7) is 4.64. The predicted molar refractivity (Wildman–Crippen MR) is 79.1 cm³/mol. The van der Waals surface area contributed by atoms with E-state index in [-0.39, 0.29) is 12.0 Å². The molecule has 4 heteroatoms. The molecule has 0 spiro atoms. The van der Waals surface area contributed by atoms with Gasteiger partial charge < -0.3 is 10.1 Å². The molecule has 0 aromatic heterocycles. The Morgan fingerprint density at radius 3 is 2.47 bits per heavy atom. The van der Waals surface area contributed by atoms with Crippen molar-refractivity contribution in [3.05, 3.63) is 29.8 Å². The van der Waals surface area contributed by atoms with Crippen LogP contribution in [0.2, 0.25) is 0 Å². The summed E-state index contributed by atoms with van der Waals surface area (Å²) in [6, 6.07) is 7.21. The zero-order valence-corrected chi connectivity index (χ0v) is 12.4. The maximum absolute atomic E-state index is 11.8. The first-order chi connectivity index (χ1) is 9.13. The van der Waals surface area contributed by atoms with Crippen molar-refractivity contribution < 1.29 is 9.53 Å². The van der Waals surface area contributed by atoms with E-state index >= 15 is 0 Å². The topological polar surface area (TPSA) is 38.3 Å². The van der Waals surface area contributed by atoms with Crippen LogP contribution in [0.25, 0.3) is 0 Å². The highest BCUT2D eigenvalue weighted by Crippen LogP contribution is 2.13. The molecule has 0 unspecified atom stereocenters. The van der Waals surface area contributed by atoms with Gasteiger partial charge in [-0.1, -0.05) is 6.42 Å². The molecular formula is C15H22ClNO2. The molecule has 19 heavy (non-hydrogen) atoms. The fraction of sp³-hybridized carbons (Fsp3) is 0.533. The largest absolute Gasteiger partial charge is 0.491 e. The molecule has 0 aliphatic carbocycles. The van der Waals surface area contributed by atoms with E-state index in [1.165, 1.54) is 0 Å². The number of carbonyl (C=O) groups is 1. The van der Waals surface area contributed by atoms with Crippen molar-refractivity contribution in [2.45, 2.75) is 39.2 Å². The van der Waals surface area contributed by atoms with E-state index in [0.29, 0.717) is 18.0 Å². The molecule has 0 fully saturated rings. The summed E-state index contributed by atoms with van der Waals surface area (Å²) in [7, 11) is 0. The maximum Gasteiger partial charge on any atom is 0.251 e. The van der Waals surface area contributed by atoms with Crippen LogP contribution < -0.4 is 10.1 Å². The van der Waals surface area contributed by atoms with Gasteiger partial charge in [-0.15, -0.1) is 11.6 Å². The fourth-order valence-corrected chi connectivity index (χ4v) is 1.85. The summed E-state index contributed by atoms with van der Waals surface area (Å²) in [6.07, 6.45) is 3.15. The molecule has 0 bridgehead atoms. The van der Waals surface area contributed by atoms with Gasteiger partial charge in [0.15, 0.2) is 0 Å². The Labute approximate surface area is 120 Å². The van der Waals surface area contributed by atoms with Gasteiger partial charge in [0.1, 0.15) is 5.75 Å². The second-order valence-electron chi connectivity index (χ2n) is 4.70. The highest BCUT2D eigenvalue weighted by molar-refractivity contribution is 6.17. The van der Waals surface area contributed by atoms with E-state index in [2.05, 4.69) is 5.32 Å². The number of benzene rings is 1. The number of unbranched alkanes of at least 4 members (excludes halogenated alkanes) is 2. The van der Waals surface area contributed by atoms with Crippen LogP contribution in [-0.4, -0.2) is 24.4 Å². The van der Waals surface area contributed by atoms with Crippen LogP contribution in [0.3, 0.4) is 0 Å². The van der Waals surface area contributed by atoms with Gasteiger partial charge in [0, 0.05) is 18.0 Å². The van der Waals surface area contributed by atoms with Crippen LogP contribution in [0, 0.1) is 0 Å². The van der Waals surface area contributed by atoms with Gasteiger partial charge >= 0.3 is 0 Å². The van der Waals surface area contributed by atoms with E-state index in [4.69, 9.17) is 16.3 Å². The molecule has 0 heterocycles. The van der Waals surface area contributed by atoms with E-state index in [1.54, 1.807) is 12.1 Å². The summed E-state index contributed by atoms with van der Waals surface area (Å²) in [5, 5.41) is 2.90. The fourth-order valence-electron chi connectivity index (χ4n) is 1.66. The lowest BCUT2D eigenvalue weighted by Crippen LogP contribution is -2.24. The molecule has 0 aliphatic heterocycles. The lowest BCUT2D eigenvalue weighted by Gasteiger charge is -2.10. The molecule has 0 aliphatic rings. The highest BCUT2D eigenvalue weighted by Gasteiger charge is 2.05.